The highest BCUT2D eigenvalue weighted by atomic mass is 16.7. The van der Waals surface area contributed by atoms with Crippen molar-refractivity contribution in [3.8, 4) is 5.75 Å². The highest BCUT2D eigenvalue weighted by Crippen LogP contribution is 2.35. The molecular formula is C23H30O7. The lowest BCUT2D eigenvalue weighted by atomic mass is 9.88. The van der Waals surface area contributed by atoms with E-state index in [9.17, 15) is 19.8 Å². The SMILES string of the molecule is O=C(O)CCCCCC[C@H]1C(=O)C[C@@H](O)[C@@H]1C=C[C@H](O)[C@@H]1OCc2ccccc2O1. The summed E-state index contributed by atoms with van der Waals surface area (Å²) in [5, 5.41) is 29.4. The monoisotopic (exact) mass is 418 g/mol. The molecule has 0 radical (unpaired) electrons. The van der Waals surface area contributed by atoms with Gasteiger partial charge in [-0.2, -0.15) is 0 Å². The first-order valence-corrected chi connectivity index (χ1v) is 10.6. The van der Waals surface area contributed by atoms with Gasteiger partial charge >= 0.3 is 5.97 Å². The number of aliphatic hydroxyl groups is 2. The Kier molecular flexibility index (Phi) is 8.01. The minimum absolute atomic E-state index is 0.0382. The molecule has 3 rings (SSSR count). The Morgan fingerprint density at radius 1 is 1.20 bits per heavy atom. The molecule has 1 saturated carbocycles. The Labute approximate surface area is 176 Å². The predicted molar refractivity (Wildman–Crippen MR) is 109 cm³/mol. The summed E-state index contributed by atoms with van der Waals surface area (Å²) in [5.41, 5.74) is 0.921. The third-order valence-electron chi connectivity index (χ3n) is 5.82. The van der Waals surface area contributed by atoms with Crippen molar-refractivity contribution in [3.05, 3.63) is 42.0 Å². The number of carboxylic acids is 1. The van der Waals surface area contributed by atoms with E-state index in [0.29, 0.717) is 25.2 Å². The molecule has 0 bridgehead atoms. The van der Waals surface area contributed by atoms with Gasteiger partial charge in [-0.25, -0.2) is 0 Å². The Morgan fingerprint density at radius 2 is 1.97 bits per heavy atom. The molecule has 164 valence electrons. The summed E-state index contributed by atoms with van der Waals surface area (Å²) in [6.45, 7) is 0.348. The maximum Gasteiger partial charge on any atom is 0.303 e. The van der Waals surface area contributed by atoms with Gasteiger partial charge in [0.1, 0.15) is 17.6 Å². The van der Waals surface area contributed by atoms with Gasteiger partial charge in [0.15, 0.2) is 0 Å². The van der Waals surface area contributed by atoms with Crippen molar-refractivity contribution in [2.45, 2.75) is 70.1 Å². The van der Waals surface area contributed by atoms with E-state index in [2.05, 4.69) is 0 Å². The molecule has 1 heterocycles. The third kappa shape index (κ3) is 5.90. The van der Waals surface area contributed by atoms with Crippen molar-refractivity contribution in [2.75, 3.05) is 0 Å². The number of carbonyl (C=O) groups is 2. The molecule has 30 heavy (non-hydrogen) atoms. The number of unbranched alkanes of at least 4 members (excludes halogenated alkanes) is 3. The summed E-state index contributed by atoms with van der Waals surface area (Å²) in [7, 11) is 0. The van der Waals surface area contributed by atoms with Crippen LogP contribution in [0, 0.1) is 11.8 Å². The van der Waals surface area contributed by atoms with Crippen molar-refractivity contribution in [1.82, 2.24) is 0 Å². The lowest BCUT2D eigenvalue weighted by molar-refractivity contribution is -0.152. The van der Waals surface area contributed by atoms with Crippen molar-refractivity contribution >= 4 is 11.8 Å². The number of hydrogen-bond donors (Lipinski definition) is 3. The number of fused-ring (bicyclic) bond motifs is 1. The average molecular weight is 418 g/mol. The van der Waals surface area contributed by atoms with E-state index in [0.717, 1.165) is 24.8 Å². The molecule has 0 saturated heterocycles. The fourth-order valence-corrected chi connectivity index (χ4v) is 4.16. The lowest BCUT2D eigenvalue weighted by Gasteiger charge is -2.28. The van der Waals surface area contributed by atoms with Crippen LogP contribution in [0.15, 0.2) is 36.4 Å². The van der Waals surface area contributed by atoms with Gasteiger partial charge in [-0.15, -0.1) is 0 Å². The highest BCUT2D eigenvalue weighted by Gasteiger charge is 2.39. The van der Waals surface area contributed by atoms with Gasteiger partial charge in [0.25, 0.3) is 0 Å². The second-order valence-corrected chi connectivity index (χ2v) is 8.05. The van der Waals surface area contributed by atoms with Crippen LogP contribution in [-0.4, -0.2) is 45.6 Å². The normalized spacial score (nSPS) is 27.1. The number of aliphatic carboxylic acids is 1. The van der Waals surface area contributed by atoms with Crippen molar-refractivity contribution < 1.29 is 34.4 Å². The van der Waals surface area contributed by atoms with Crippen LogP contribution in [0.1, 0.15) is 50.5 Å². The molecule has 1 aromatic carbocycles. The van der Waals surface area contributed by atoms with E-state index in [4.69, 9.17) is 14.6 Å². The second-order valence-electron chi connectivity index (χ2n) is 8.05. The Balaban J connectivity index is 1.51. The molecule has 0 aromatic heterocycles. The number of benzene rings is 1. The Bertz CT molecular complexity index is 760. The van der Waals surface area contributed by atoms with E-state index in [1.165, 1.54) is 0 Å². The number of ether oxygens (including phenoxy) is 2. The van der Waals surface area contributed by atoms with Crippen molar-refractivity contribution in [1.29, 1.82) is 0 Å². The van der Waals surface area contributed by atoms with Crippen LogP contribution in [0.25, 0.3) is 0 Å². The van der Waals surface area contributed by atoms with Gasteiger partial charge < -0.3 is 24.8 Å². The minimum atomic E-state index is -1.02. The molecule has 7 heteroatoms. The molecule has 1 aliphatic carbocycles. The Hall–Kier alpha value is -2.22. The van der Waals surface area contributed by atoms with Crippen molar-refractivity contribution in [2.24, 2.45) is 11.8 Å². The second kappa shape index (κ2) is 10.7. The molecule has 1 aliphatic heterocycles. The largest absolute Gasteiger partial charge is 0.481 e. The van der Waals surface area contributed by atoms with E-state index in [1.54, 1.807) is 12.2 Å². The fourth-order valence-electron chi connectivity index (χ4n) is 4.16. The van der Waals surface area contributed by atoms with Crippen LogP contribution in [0.2, 0.25) is 0 Å². The van der Waals surface area contributed by atoms with Crippen LogP contribution in [0.4, 0.5) is 0 Å². The van der Waals surface area contributed by atoms with Crippen LogP contribution in [0.3, 0.4) is 0 Å². The number of ketones is 1. The van der Waals surface area contributed by atoms with Gasteiger partial charge in [0, 0.05) is 30.2 Å². The summed E-state index contributed by atoms with van der Waals surface area (Å²) >= 11 is 0. The molecule has 1 aromatic rings. The average Bonchev–Trinajstić information content (AvgIpc) is 3.00. The molecule has 3 N–H and O–H groups in total. The molecule has 2 aliphatic rings. The molecule has 7 nitrogen and oxygen atoms in total. The first kappa shape index (κ1) is 22.5. The van der Waals surface area contributed by atoms with Gasteiger partial charge in [-0.3, -0.25) is 9.59 Å². The zero-order chi connectivity index (χ0) is 21.5. The smallest absolute Gasteiger partial charge is 0.303 e. The van der Waals surface area contributed by atoms with E-state index in [-0.39, 0.29) is 30.5 Å². The molecule has 0 amide bonds. The number of aliphatic hydroxyl groups excluding tert-OH is 2. The number of hydrogen-bond acceptors (Lipinski definition) is 6. The van der Waals surface area contributed by atoms with Gasteiger partial charge in [0.05, 0.1) is 12.7 Å². The predicted octanol–water partition coefficient (Wildman–Crippen LogP) is 2.83. The molecular weight excluding hydrogens is 388 g/mol. The van der Waals surface area contributed by atoms with Gasteiger partial charge in [-0.1, -0.05) is 49.6 Å². The van der Waals surface area contributed by atoms with Crippen LogP contribution >= 0.6 is 0 Å². The Morgan fingerprint density at radius 3 is 2.77 bits per heavy atom. The van der Waals surface area contributed by atoms with Gasteiger partial charge in [-0.05, 0) is 18.9 Å². The first-order valence-electron chi connectivity index (χ1n) is 10.6. The fraction of sp³-hybridized carbons (Fsp3) is 0.565. The number of Topliss-reactive ketones (excluding diaryl/α,β-unsaturated/α-hetero) is 1. The number of carboxylic acid groups (broad SMARTS) is 1. The van der Waals surface area contributed by atoms with Crippen LogP contribution in [0.5, 0.6) is 5.75 Å². The first-order chi connectivity index (χ1) is 14.5. The molecule has 0 spiro atoms. The zero-order valence-corrected chi connectivity index (χ0v) is 17.0. The minimum Gasteiger partial charge on any atom is -0.481 e. The van der Waals surface area contributed by atoms with Gasteiger partial charge in [0.2, 0.25) is 6.29 Å². The zero-order valence-electron chi connectivity index (χ0n) is 17.0. The van der Waals surface area contributed by atoms with E-state index in [1.807, 2.05) is 24.3 Å². The molecule has 5 atom stereocenters. The number of rotatable bonds is 10. The summed E-state index contributed by atoms with van der Waals surface area (Å²) < 4.78 is 11.3. The third-order valence-corrected chi connectivity index (χ3v) is 5.82. The standard InChI is InChI=1S/C23H30O7/c24-18(23-29-14-15-7-5-6-9-21(15)30-23)12-11-17-16(19(25)13-20(17)26)8-3-1-2-4-10-22(27)28/h5-7,9,11-12,16-18,20,23-24,26H,1-4,8,10,13-14H2,(H,27,28)/t16-,17-,18+,20-,23-/m1/s1. The summed E-state index contributed by atoms with van der Waals surface area (Å²) in [5.74, 6) is -0.699. The highest BCUT2D eigenvalue weighted by molar-refractivity contribution is 5.84. The summed E-state index contributed by atoms with van der Waals surface area (Å²) in [6, 6.07) is 7.48. The summed E-state index contributed by atoms with van der Waals surface area (Å²) in [4.78, 5) is 22.9. The quantitative estimate of drug-likeness (QED) is 0.395. The summed E-state index contributed by atoms with van der Waals surface area (Å²) in [6.07, 6.45) is 4.70. The molecule has 0 unspecified atom stereocenters. The van der Waals surface area contributed by atoms with Crippen LogP contribution < -0.4 is 4.74 Å². The van der Waals surface area contributed by atoms with E-state index < -0.39 is 24.5 Å². The lowest BCUT2D eigenvalue weighted by Crippen LogP contribution is -2.36. The number of carbonyl (C=O) groups excluding carboxylic acids is 1. The van der Waals surface area contributed by atoms with E-state index >= 15 is 0 Å². The maximum atomic E-state index is 12.3. The number of para-hydroxylation sites is 1. The molecule has 1 fully saturated rings. The maximum absolute atomic E-state index is 12.3. The van der Waals surface area contributed by atoms with Crippen molar-refractivity contribution in [3.63, 3.8) is 0 Å². The van der Waals surface area contributed by atoms with Crippen LogP contribution in [-0.2, 0) is 20.9 Å². The topological polar surface area (TPSA) is 113 Å².